The van der Waals surface area contributed by atoms with E-state index in [0.29, 0.717) is 44.2 Å². The molecule has 0 spiro atoms. The molecule has 3 aliphatic carbocycles. The first kappa shape index (κ1) is 27.3. The maximum Gasteiger partial charge on any atom is 0.259 e. The summed E-state index contributed by atoms with van der Waals surface area (Å²) in [5, 5.41) is 3.63. The number of alkyl halides is 1. The Bertz CT molecular complexity index is 1000. The van der Waals surface area contributed by atoms with Crippen molar-refractivity contribution in [2.24, 2.45) is 17.8 Å². The van der Waals surface area contributed by atoms with Crippen molar-refractivity contribution in [1.29, 1.82) is 0 Å². The largest absolute Gasteiger partial charge is 0.378 e. The van der Waals surface area contributed by atoms with E-state index in [2.05, 4.69) is 22.0 Å². The molecule has 10 unspecified atom stereocenters. The van der Waals surface area contributed by atoms with E-state index in [4.69, 9.17) is 9.47 Å². The van der Waals surface area contributed by atoms with Gasteiger partial charge in [-0.2, -0.15) is 0 Å². The molecule has 3 saturated carbocycles. The van der Waals surface area contributed by atoms with Gasteiger partial charge in [0.1, 0.15) is 6.17 Å². The smallest absolute Gasteiger partial charge is 0.259 e. The summed E-state index contributed by atoms with van der Waals surface area (Å²) in [6.07, 6.45) is 9.93. The lowest BCUT2D eigenvalue weighted by molar-refractivity contribution is -0.208. The fourth-order valence-corrected chi connectivity index (χ4v) is 9.44. The van der Waals surface area contributed by atoms with Gasteiger partial charge in [-0.3, -0.25) is 14.5 Å². The number of carbonyl (C=O) groups is 2. The topological polar surface area (TPSA) is 74.4 Å². The number of amides is 1. The van der Waals surface area contributed by atoms with E-state index in [1.54, 1.807) is 4.90 Å². The highest BCUT2D eigenvalue weighted by Gasteiger charge is 2.59. The molecular formula is C31H47FN4O4. The molecular weight excluding hydrogens is 511 g/mol. The molecule has 0 aromatic rings. The van der Waals surface area contributed by atoms with E-state index in [-0.39, 0.29) is 41.9 Å². The summed E-state index contributed by atoms with van der Waals surface area (Å²) < 4.78 is 28.5. The predicted molar refractivity (Wildman–Crippen MR) is 148 cm³/mol. The van der Waals surface area contributed by atoms with Gasteiger partial charge in [0.25, 0.3) is 5.91 Å². The van der Waals surface area contributed by atoms with Gasteiger partial charge in [-0.25, -0.2) is 4.39 Å². The van der Waals surface area contributed by atoms with Crippen LogP contribution in [-0.2, 0) is 19.1 Å². The minimum absolute atomic E-state index is 0.0126. The summed E-state index contributed by atoms with van der Waals surface area (Å²) in [7, 11) is 0. The number of nitrogens with zero attached hydrogens (tertiary/aromatic N) is 3. The number of likely N-dealkylation sites (tertiary alicyclic amines) is 1. The van der Waals surface area contributed by atoms with Crippen molar-refractivity contribution in [3.05, 3.63) is 11.8 Å². The van der Waals surface area contributed by atoms with E-state index in [1.807, 2.05) is 6.20 Å². The molecule has 222 valence electrons. The Hall–Kier alpha value is -1.55. The number of Topliss-reactive ketones (excluding diaryl/α,β-unsaturated/α-hetero) is 1. The zero-order valence-electron chi connectivity index (χ0n) is 24.0. The van der Waals surface area contributed by atoms with Crippen molar-refractivity contribution in [3.63, 3.8) is 0 Å². The minimum Gasteiger partial charge on any atom is -0.378 e. The fraction of sp³-hybridized carbons (Fsp3) is 0.871. The number of carbonyl (C=O) groups excluding carboxylic acids is 2. The number of ketones is 1. The standard InChI is InChI=1S/C31H47FN4O4/c1-2-34-9-5-8-21(34)17-33-27-24(32)16-22-28-30(27)40-26-15-20-7-4-3-6-19(20)14-25(26)36(28)18-23(29(22)37)31(38)35-10-12-39-13-11-35/h18-22,24-28,30,33H,2-17H2,1H3. The third-order valence-electron chi connectivity index (χ3n) is 11.5. The molecule has 3 saturated heterocycles. The van der Waals surface area contributed by atoms with E-state index in [0.717, 1.165) is 38.9 Å². The second kappa shape index (κ2) is 11.3. The van der Waals surface area contributed by atoms with E-state index >= 15 is 4.39 Å². The first-order valence-corrected chi connectivity index (χ1v) is 16.2. The van der Waals surface area contributed by atoms with Gasteiger partial charge < -0.3 is 24.6 Å². The van der Waals surface area contributed by atoms with Crippen molar-refractivity contribution >= 4 is 11.7 Å². The summed E-state index contributed by atoms with van der Waals surface area (Å²) in [6.45, 7) is 7.03. The SMILES string of the molecule is CCN1CCCC1CNC1C(F)CC2C(=O)C(C(=O)N3CCOCC3)=CN3C4CC5CCCCC5CC4OC1C23. The highest BCUT2D eigenvalue weighted by molar-refractivity contribution is 6.20. The molecule has 40 heavy (non-hydrogen) atoms. The van der Waals surface area contributed by atoms with Gasteiger partial charge in [-0.15, -0.1) is 0 Å². The lowest BCUT2D eigenvalue weighted by atomic mass is 9.65. The number of fused-ring (bicyclic) bond motifs is 3. The second-order valence-corrected chi connectivity index (χ2v) is 13.4. The van der Waals surface area contributed by atoms with Gasteiger partial charge in [0.05, 0.1) is 49.1 Å². The molecule has 0 aromatic heterocycles. The monoisotopic (exact) mass is 558 g/mol. The zero-order chi connectivity index (χ0) is 27.4. The normalized spacial score (nSPS) is 43.5. The minimum atomic E-state index is -1.19. The number of hydrogen-bond donors (Lipinski definition) is 1. The summed E-state index contributed by atoms with van der Waals surface area (Å²) in [5.41, 5.74) is 0.247. The average Bonchev–Trinajstić information content (AvgIpc) is 3.45. The molecule has 4 aliphatic heterocycles. The van der Waals surface area contributed by atoms with E-state index in [9.17, 15) is 9.59 Å². The number of likely N-dealkylation sites (N-methyl/N-ethyl adjacent to an activating group) is 1. The summed E-state index contributed by atoms with van der Waals surface area (Å²) in [5.74, 6) is 0.387. The Labute approximate surface area is 238 Å². The first-order valence-electron chi connectivity index (χ1n) is 16.2. The quantitative estimate of drug-likeness (QED) is 0.520. The third kappa shape index (κ3) is 4.73. The third-order valence-corrected chi connectivity index (χ3v) is 11.5. The van der Waals surface area contributed by atoms with Crippen molar-refractivity contribution in [3.8, 4) is 0 Å². The molecule has 4 heterocycles. The van der Waals surface area contributed by atoms with Gasteiger partial charge in [0.15, 0.2) is 5.78 Å². The summed E-state index contributed by atoms with van der Waals surface area (Å²) in [4.78, 5) is 34.2. The van der Waals surface area contributed by atoms with Crippen LogP contribution in [0.3, 0.4) is 0 Å². The van der Waals surface area contributed by atoms with Gasteiger partial charge in [0, 0.05) is 37.8 Å². The second-order valence-electron chi connectivity index (χ2n) is 13.4. The maximum absolute atomic E-state index is 16.2. The van der Waals surface area contributed by atoms with Gasteiger partial charge in [0.2, 0.25) is 0 Å². The Balaban J connectivity index is 1.20. The molecule has 0 radical (unpaired) electrons. The molecule has 8 nitrogen and oxygen atoms in total. The summed E-state index contributed by atoms with van der Waals surface area (Å²) in [6, 6.07) is -0.0899. The number of nitrogens with one attached hydrogen (secondary N) is 1. The average molecular weight is 559 g/mol. The molecule has 7 aliphatic rings. The Morgan fingerprint density at radius 1 is 1.05 bits per heavy atom. The van der Waals surface area contributed by atoms with Gasteiger partial charge >= 0.3 is 0 Å². The molecule has 10 atom stereocenters. The maximum atomic E-state index is 16.2. The van der Waals surface area contributed by atoms with Crippen molar-refractivity contribution in [2.45, 2.75) is 107 Å². The zero-order valence-corrected chi connectivity index (χ0v) is 24.0. The van der Waals surface area contributed by atoms with Crippen LogP contribution in [0.25, 0.3) is 0 Å². The van der Waals surface area contributed by atoms with E-state index < -0.39 is 24.2 Å². The number of morpholine rings is 2. The van der Waals surface area contributed by atoms with Crippen LogP contribution in [0.1, 0.15) is 64.7 Å². The first-order chi connectivity index (χ1) is 19.5. The van der Waals surface area contributed by atoms with Gasteiger partial charge in [-0.1, -0.05) is 32.6 Å². The number of halogens is 1. The Morgan fingerprint density at radius 3 is 2.60 bits per heavy atom. The van der Waals surface area contributed by atoms with Crippen molar-refractivity contribution < 1.29 is 23.5 Å². The Morgan fingerprint density at radius 2 is 1.82 bits per heavy atom. The fourth-order valence-electron chi connectivity index (χ4n) is 9.44. The van der Waals surface area contributed by atoms with Gasteiger partial charge in [-0.05, 0) is 57.0 Å². The molecule has 0 bridgehead atoms. The van der Waals surface area contributed by atoms with Crippen LogP contribution in [0.15, 0.2) is 11.8 Å². The highest BCUT2D eigenvalue weighted by atomic mass is 19.1. The van der Waals surface area contributed by atoms with Crippen LogP contribution in [0, 0.1) is 17.8 Å². The van der Waals surface area contributed by atoms with Crippen LogP contribution in [0.5, 0.6) is 0 Å². The predicted octanol–water partition coefficient (Wildman–Crippen LogP) is 2.52. The molecule has 6 fully saturated rings. The highest BCUT2D eigenvalue weighted by Crippen LogP contribution is 2.50. The van der Waals surface area contributed by atoms with E-state index in [1.165, 1.54) is 32.1 Å². The van der Waals surface area contributed by atoms with Crippen LogP contribution in [0.4, 0.5) is 4.39 Å². The van der Waals surface area contributed by atoms with Crippen LogP contribution in [0.2, 0.25) is 0 Å². The van der Waals surface area contributed by atoms with Crippen molar-refractivity contribution in [2.75, 3.05) is 45.9 Å². The molecule has 7 rings (SSSR count). The molecule has 0 aromatic carbocycles. The summed E-state index contributed by atoms with van der Waals surface area (Å²) >= 11 is 0. The van der Waals surface area contributed by atoms with Crippen LogP contribution < -0.4 is 5.32 Å². The van der Waals surface area contributed by atoms with Crippen LogP contribution >= 0.6 is 0 Å². The molecule has 1 amide bonds. The number of ether oxygens (including phenoxy) is 2. The number of rotatable bonds is 5. The van der Waals surface area contributed by atoms with Crippen LogP contribution in [-0.4, -0.2) is 115 Å². The lowest BCUT2D eigenvalue weighted by Gasteiger charge is -2.61. The Kier molecular flexibility index (Phi) is 7.69. The number of hydrogen-bond acceptors (Lipinski definition) is 7. The molecule has 9 heteroatoms. The lowest BCUT2D eigenvalue weighted by Crippen LogP contribution is -2.73. The molecule has 1 N–H and O–H groups in total. The van der Waals surface area contributed by atoms with Crippen molar-refractivity contribution in [1.82, 2.24) is 20.0 Å².